The summed E-state index contributed by atoms with van der Waals surface area (Å²) in [6.07, 6.45) is 13.1. The van der Waals surface area contributed by atoms with Crippen LogP contribution in [0.25, 0.3) is 0 Å². The number of carbonyl (C=O) groups excluding carboxylic acids is 3. The van der Waals surface area contributed by atoms with Gasteiger partial charge >= 0.3 is 71.1 Å². The molecule has 0 aromatic heterocycles. The van der Waals surface area contributed by atoms with E-state index in [4.69, 9.17) is 9.47 Å². The minimum absolute atomic E-state index is 0. The van der Waals surface area contributed by atoms with Crippen LogP contribution in [0, 0.1) is 0 Å². The summed E-state index contributed by atoms with van der Waals surface area (Å²) >= 11 is 0. The van der Waals surface area contributed by atoms with Gasteiger partial charge in [-0.1, -0.05) is 77.6 Å². The molecule has 0 aromatic carbocycles. The van der Waals surface area contributed by atoms with Gasteiger partial charge in [0.05, 0.1) is 14.4 Å². The third kappa shape index (κ3) is 32.7. The first-order valence-electron chi connectivity index (χ1n) is 13.4. The summed E-state index contributed by atoms with van der Waals surface area (Å²) in [6.45, 7) is 3.32. The number of phosphoric ester groups is 1. The van der Waals surface area contributed by atoms with Crippen molar-refractivity contribution in [2.75, 3.05) is 19.8 Å². The molecule has 0 radical (unpaired) electrons. The Morgan fingerprint density at radius 1 is 0.737 bits per heavy atom. The van der Waals surface area contributed by atoms with Crippen LogP contribution in [-0.4, -0.2) is 43.7 Å². The molecule has 0 rings (SSSR count). The number of rotatable bonds is 24. The van der Waals surface area contributed by atoms with Gasteiger partial charge < -0.3 is 33.7 Å². The van der Waals surface area contributed by atoms with E-state index in [-0.39, 0.29) is 84.5 Å². The van der Waals surface area contributed by atoms with Gasteiger partial charge in [-0.3, -0.25) is 14.4 Å². The summed E-state index contributed by atoms with van der Waals surface area (Å²) in [5.41, 5.74) is 0. The second kappa shape index (κ2) is 29.0. The molecule has 1 atom stereocenters. The van der Waals surface area contributed by atoms with Crippen molar-refractivity contribution in [1.29, 1.82) is 0 Å². The summed E-state index contributed by atoms with van der Waals surface area (Å²) < 4.78 is 25.3. The Hall–Kier alpha value is 0.520. The van der Waals surface area contributed by atoms with Crippen LogP contribution in [-0.2, 0) is 32.9 Å². The normalized spacial score (nSPS) is 11.6. The molecule has 0 spiro atoms. The van der Waals surface area contributed by atoms with Crippen LogP contribution in [0.5, 0.6) is 0 Å². The number of carbonyl (C=O) groups is 3. The van der Waals surface area contributed by atoms with Crippen LogP contribution < -0.4 is 74.2 Å². The molecule has 1 N–H and O–H groups in total. The minimum Gasteiger partial charge on any atom is -0.790 e. The Morgan fingerprint density at radius 3 is 1.71 bits per heavy atom. The molecular weight excluding hydrogens is 535 g/mol. The van der Waals surface area contributed by atoms with Crippen molar-refractivity contribution < 1.29 is 102 Å². The van der Waals surface area contributed by atoms with Crippen LogP contribution in [0.1, 0.15) is 117 Å². The summed E-state index contributed by atoms with van der Waals surface area (Å²) in [5, 5.41) is 2.78. The van der Waals surface area contributed by atoms with E-state index in [0.29, 0.717) is 12.8 Å². The van der Waals surface area contributed by atoms with Crippen molar-refractivity contribution in [3.63, 3.8) is 0 Å². The van der Waals surface area contributed by atoms with E-state index in [1.165, 1.54) is 6.92 Å². The van der Waals surface area contributed by atoms with Crippen LogP contribution in [0.4, 0.5) is 0 Å². The molecule has 0 saturated heterocycles. The molecule has 0 unspecified atom stereocenters. The van der Waals surface area contributed by atoms with Gasteiger partial charge in [0, 0.05) is 26.3 Å². The fourth-order valence-electron chi connectivity index (χ4n) is 3.56. The van der Waals surface area contributed by atoms with Crippen LogP contribution >= 0.6 is 7.82 Å². The fraction of sp³-hybridized carbons (Fsp3) is 0.880. The maximum absolute atomic E-state index is 12.0. The van der Waals surface area contributed by atoms with E-state index in [0.717, 1.165) is 83.6 Å². The minimum atomic E-state index is -5.24. The van der Waals surface area contributed by atoms with E-state index in [9.17, 15) is 28.7 Å². The predicted octanol–water partition coefficient (Wildman–Crippen LogP) is -2.31. The number of amides is 1. The number of hydrogen-bond donors (Lipinski definition) is 1. The molecule has 1 amide bonds. The number of hydrogen-bond acceptors (Lipinski definition) is 9. The first kappa shape index (κ1) is 43.0. The Balaban J connectivity index is -0.00000612. The van der Waals surface area contributed by atoms with Crippen molar-refractivity contribution in [3.8, 4) is 0 Å². The summed E-state index contributed by atoms with van der Waals surface area (Å²) in [4.78, 5) is 56.4. The molecule has 0 aliphatic rings. The molecule has 0 heterocycles. The van der Waals surface area contributed by atoms with Gasteiger partial charge in [0.15, 0.2) is 6.10 Å². The molecular formula is C25H46NNa2O9P. The Labute approximate surface area is 273 Å². The quantitative estimate of drug-likeness (QED) is 0.0573. The summed E-state index contributed by atoms with van der Waals surface area (Å²) in [5.74, 6) is -1.02. The maximum atomic E-state index is 12.0. The average Bonchev–Trinajstić information content (AvgIpc) is 2.80. The molecule has 212 valence electrons. The van der Waals surface area contributed by atoms with Crippen LogP contribution in [0.15, 0.2) is 0 Å². The standard InChI is InChI=1S/C25H48NO9P.2Na/c1-3-4-5-6-11-15-18-25(29)35-23(21-34-36(30,31)32)20-33-24(28)17-14-12-9-7-8-10-13-16-19-26-22(2)27;;/h23H,3-21H2,1-2H3,(H,26,27)(H2,30,31,32);;/q;2*+1/p-2/t23-;;/m1../s1. The Bertz CT molecular complexity index is 650. The van der Waals surface area contributed by atoms with Gasteiger partial charge in [-0.2, -0.15) is 0 Å². The largest absolute Gasteiger partial charge is 1.00 e. The van der Waals surface area contributed by atoms with Crippen molar-refractivity contribution in [2.24, 2.45) is 0 Å². The zero-order valence-electron chi connectivity index (χ0n) is 24.1. The summed E-state index contributed by atoms with van der Waals surface area (Å²) in [7, 11) is -5.24. The zero-order valence-corrected chi connectivity index (χ0v) is 29.0. The number of phosphoric acid groups is 1. The van der Waals surface area contributed by atoms with Crippen molar-refractivity contribution in [2.45, 2.75) is 123 Å². The second-order valence-electron chi connectivity index (χ2n) is 9.12. The van der Waals surface area contributed by atoms with Gasteiger partial charge in [-0.25, -0.2) is 0 Å². The van der Waals surface area contributed by atoms with Gasteiger partial charge in [-0.05, 0) is 19.3 Å². The smallest absolute Gasteiger partial charge is 0.790 e. The Morgan fingerprint density at radius 2 is 1.21 bits per heavy atom. The molecule has 0 bridgehead atoms. The maximum Gasteiger partial charge on any atom is 1.00 e. The van der Waals surface area contributed by atoms with Gasteiger partial charge in [-0.15, -0.1) is 0 Å². The predicted molar refractivity (Wildman–Crippen MR) is 133 cm³/mol. The number of esters is 2. The molecule has 0 fully saturated rings. The SMILES string of the molecule is CCCCCCCCC(=O)O[C@H](COC(=O)CCCCCCCCCCNC(C)=O)COP(=O)([O-])[O-].[Na+].[Na+]. The Kier molecular flexibility index (Phi) is 32.8. The van der Waals surface area contributed by atoms with E-state index in [2.05, 4.69) is 16.8 Å². The first-order chi connectivity index (χ1) is 17.1. The van der Waals surface area contributed by atoms with E-state index >= 15 is 0 Å². The van der Waals surface area contributed by atoms with Gasteiger partial charge in [0.1, 0.15) is 6.61 Å². The van der Waals surface area contributed by atoms with E-state index in [1.54, 1.807) is 0 Å². The van der Waals surface area contributed by atoms with E-state index in [1.807, 2.05) is 0 Å². The second-order valence-corrected chi connectivity index (χ2v) is 10.3. The summed E-state index contributed by atoms with van der Waals surface area (Å²) in [6, 6.07) is 0. The third-order valence-corrected chi connectivity index (χ3v) is 6.03. The first-order valence-corrected chi connectivity index (χ1v) is 14.9. The van der Waals surface area contributed by atoms with Gasteiger partial charge in [0.25, 0.3) is 0 Å². The molecule has 13 heteroatoms. The zero-order chi connectivity index (χ0) is 27.1. The van der Waals surface area contributed by atoms with Crippen molar-refractivity contribution in [1.82, 2.24) is 5.32 Å². The topological polar surface area (TPSA) is 154 Å². The molecule has 0 saturated carbocycles. The van der Waals surface area contributed by atoms with Crippen LogP contribution in [0.3, 0.4) is 0 Å². The number of unbranched alkanes of at least 4 members (excludes halogenated alkanes) is 12. The van der Waals surface area contributed by atoms with Crippen LogP contribution in [0.2, 0.25) is 0 Å². The van der Waals surface area contributed by atoms with Crippen molar-refractivity contribution in [3.05, 3.63) is 0 Å². The van der Waals surface area contributed by atoms with E-state index < -0.39 is 32.5 Å². The monoisotopic (exact) mass is 581 g/mol. The number of nitrogens with one attached hydrogen (secondary N) is 1. The average molecular weight is 582 g/mol. The molecule has 0 aromatic rings. The fourth-order valence-corrected chi connectivity index (χ4v) is 3.91. The molecule has 38 heavy (non-hydrogen) atoms. The molecule has 10 nitrogen and oxygen atoms in total. The third-order valence-electron chi connectivity index (χ3n) is 5.56. The number of ether oxygens (including phenoxy) is 2. The molecule has 0 aliphatic carbocycles. The van der Waals surface area contributed by atoms with Crippen molar-refractivity contribution >= 4 is 25.7 Å². The molecule has 0 aliphatic heterocycles. The van der Waals surface area contributed by atoms with Gasteiger partial charge in [0.2, 0.25) is 5.91 Å².